The second-order valence-corrected chi connectivity index (χ2v) is 5.02. The summed E-state index contributed by atoms with van der Waals surface area (Å²) in [5.74, 6) is -3.07. The number of carboxylic acids is 1. The Kier molecular flexibility index (Phi) is 3.37. The van der Waals surface area contributed by atoms with Crippen molar-refractivity contribution >= 4 is 5.97 Å². The van der Waals surface area contributed by atoms with Gasteiger partial charge in [-0.1, -0.05) is 6.07 Å². The summed E-state index contributed by atoms with van der Waals surface area (Å²) >= 11 is 0. The first-order valence-corrected chi connectivity index (χ1v) is 6.61. The van der Waals surface area contributed by atoms with Crippen LogP contribution < -0.4 is 0 Å². The highest BCUT2D eigenvalue weighted by Gasteiger charge is 2.29. The van der Waals surface area contributed by atoms with Crippen molar-refractivity contribution in [3.8, 4) is 11.3 Å². The molecule has 0 saturated carbocycles. The molecule has 3 rings (SSSR count). The average Bonchev–Trinajstić information content (AvgIpc) is 2.46. The van der Waals surface area contributed by atoms with E-state index < -0.39 is 23.5 Å². The largest absolute Gasteiger partial charge is 0.481 e. The Balaban J connectivity index is 2.10. The number of aromatic nitrogens is 2. The molecule has 1 heterocycles. The van der Waals surface area contributed by atoms with Gasteiger partial charge in [-0.05, 0) is 43.0 Å². The van der Waals surface area contributed by atoms with Crippen LogP contribution in [0.4, 0.5) is 8.78 Å². The number of benzene rings is 1. The van der Waals surface area contributed by atoms with Crippen LogP contribution >= 0.6 is 0 Å². The zero-order chi connectivity index (χ0) is 15.0. The maximum absolute atomic E-state index is 13.8. The summed E-state index contributed by atoms with van der Waals surface area (Å²) in [6, 6.07) is 5.12. The van der Waals surface area contributed by atoms with Crippen LogP contribution in [0, 0.1) is 11.6 Å². The first kappa shape index (κ1) is 13.6. The Hall–Kier alpha value is -2.37. The number of nitrogens with zero attached hydrogens (tertiary/aromatic N) is 2. The van der Waals surface area contributed by atoms with E-state index in [1.54, 1.807) is 6.07 Å². The summed E-state index contributed by atoms with van der Waals surface area (Å²) in [6.07, 6.45) is 1.84. The molecule has 0 amide bonds. The molecule has 108 valence electrons. The number of fused-ring (bicyclic) bond motifs is 1. The van der Waals surface area contributed by atoms with E-state index in [2.05, 4.69) is 10.2 Å². The second kappa shape index (κ2) is 5.20. The monoisotopic (exact) mass is 290 g/mol. The van der Waals surface area contributed by atoms with E-state index in [4.69, 9.17) is 0 Å². The lowest BCUT2D eigenvalue weighted by molar-refractivity contribution is -0.139. The van der Waals surface area contributed by atoms with Gasteiger partial charge in [0.1, 0.15) is 17.6 Å². The standard InChI is InChI=1S/C15H12F2N2O2/c16-10-5-2-6-11(17)13(10)12-7-8-3-1-4-9(15(20)21)14(8)19-18-12/h2,5-7,9H,1,3-4H2,(H,20,21). The van der Waals surface area contributed by atoms with Gasteiger partial charge in [0.15, 0.2) is 0 Å². The van der Waals surface area contributed by atoms with Crippen LogP contribution in [0.1, 0.15) is 30.0 Å². The lowest BCUT2D eigenvalue weighted by atomic mass is 9.86. The van der Waals surface area contributed by atoms with Crippen molar-refractivity contribution in [2.75, 3.05) is 0 Å². The average molecular weight is 290 g/mol. The SMILES string of the molecule is O=C(O)C1CCCc2cc(-c3c(F)cccc3F)nnc21. The maximum atomic E-state index is 13.8. The van der Waals surface area contributed by atoms with Crippen LogP contribution in [0.2, 0.25) is 0 Å². The van der Waals surface area contributed by atoms with Gasteiger partial charge < -0.3 is 5.11 Å². The quantitative estimate of drug-likeness (QED) is 0.923. The topological polar surface area (TPSA) is 63.1 Å². The second-order valence-electron chi connectivity index (χ2n) is 5.02. The highest BCUT2D eigenvalue weighted by molar-refractivity contribution is 5.76. The molecule has 0 radical (unpaired) electrons. The maximum Gasteiger partial charge on any atom is 0.312 e. The molecule has 21 heavy (non-hydrogen) atoms. The third kappa shape index (κ3) is 2.37. The van der Waals surface area contributed by atoms with Crippen LogP contribution in [0.5, 0.6) is 0 Å². The lowest BCUT2D eigenvalue weighted by Gasteiger charge is -2.20. The summed E-state index contributed by atoms with van der Waals surface area (Å²) in [4.78, 5) is 11.2. The normalized spacial score (nSPS) is 17.3. The molecule has 0 spiro atoms. The number of aliphatic carboxylic acids is 1. The minimum Gasteiger partial charge on any atom is -0.481 e. The molecule has 1 unspecified atom stereocenters. The molecule has 1 aromatic heterocycles. The molecular weight excluding hydrogens is 278 g/mol. The van der Waals surface area contributed by atoms with E-state index in [-0.39, 0.29) is 11.3 Å². The molecule has 1 aromatic carbocycles. The van der Waals surface area contributed by atoms with Crippen molar-refractivity contribution in [1.82, 2.24) is 10.2 Å². The van der Waals surface area contributed by atoms with Gasteiger partial charge in [0, 0.05) is 0 Å². The molecule has 1 aliphatic carbocycles. The molecule has 0 bridgehead atoms. The first-order chi connectivity index (χ1) is 10.1. The summed E-state index contributed by atoms with van der Waals surface area (Å²) in [6.45, 7) is 0. The number of carboxylic acid groups (broad SMARTS) is 1. The molecule has 4 nitrogen and oxygen atoms in total. The Bertz CT molecular complexity index is 699. The lowest BCUT2D eigenvalue weighted by Crippen LogP contribution is -2.20. The van der Waals surface area contributed by atoms with Gasteiger partial charge in [0.25, 0.3) is 0 Å². The highest BCUT2D eigenvalue weighted by Crippen LogP contribution is 2.32. The first-order valence-electron chi connectivity index (χ1n) is 6.61. The zero-order valence-electron chi connectivity index (χ0n) is 11.0. The van der Waals surface area contributed by atoms with E-state index in [9.17, 15) is 18.7 Å². The van der Waals surface area contributed by atoms with Crippen molar-refractivity contribution in [3.63, 3.8) is 0 Å². The Morgan fingerprint density at radius 1 is 1.24 bits per heavy atom. The minimum atomic E-state index is -0.949. The minimum absolute atomic E-state index is 0.0930. The van der Waals surface area contributed by atoms with Crippen LogP contribution in [0.3, 0.4) is 0 Å². The van der Waals surface area contributed by atoms with E-state index in [1.165, 1.54) is 6.07 Å². The predicted octanol–water partition coefficient (Wildman–Crippen LogP) is 2.93. The molecule has 1 N–H and O–H groups in total. The molecular formula is C15H12F2N2O2. The van der Waals surface area contributed by atoms with Gasteiger partial charge in [-0.25, -0.2) is 8.78 Å². The molecule has 0 fully saturated rings. The molecule has 2 aromatic rings. The molecule has 0 aliphatic heterocycles. The van der Waals surface area contributed by atoms with Crippen molar-refractivity contribution in [2.45, 2.75) is 25.2 Å². The van der Waals surface area contributed by atoms with Crippen LogP contribution in [-0.4, -0.2) is 21.3 Å². The Morgan fingerprint density at radius 3 is 2.62 bits per heavy atom. The van der Waals surface area contributed by atoms with E-state index in [0.717, 1.165) is 12.1 Å². The van der Waals surface area contributed by atoms with E-state index in [1.807, 2.05) is 0 Å². The molecule has 0 saturated heterocycles. The third-order valence-corrected chi connectivity index (χ3v) is 3.69. The number of halogens is 2. The number of rotatable bonds is 2. The van der Waals surface area contributed by atoms with Gasteiger partial charge in [-0.15, -0.1) is 5.10 Å². The third-order valence-electron chi connectivity index (χ3n) is 3.69. The number of aryl methyl sites for hydroxylation is 1. The van der Waals surface area contributed by atoms with Crippen LogP contribution in [0.25, 0.3) is 11.3 Å². The smallest absolute Gasteiger partial charge is 0.312 e. The fourth-order valence-corrected chi connectivity index (χ4v) is 2.67. The molecule has 6 heteroatoms. The van der Waals surface area contributed by atoms with Crippen LogP contribution in [-0.2, 0) is 11.2 Å². The number of carbonyl (C=O) groups is 1. The Morgan fingerprint density at radius 2 is 1.95 bits per heavy atom. The predicted molar refractivity (Wildman–Crippen MR) is 70.7 cm³/mol. The summed E-state index contributed by atoms with van der Waals surface area (Å²) < 4.78 is 27.5. The number of hydrogen-bond donors (Lipinski definition) is 1. The van der Waals surface area contributed by atoms with E-state index >= 15 is 0 Å². The van der Waals surface area contributed by atoms with Crippen molar-refractivity contribution in [2.24, 2.45) is 0 Å². The fraction of sp³-hybridized carbons (Fsp3) is 0.267. The summed E-state index contributed by atoms with van der Waals surface area (Å²) in [7, 11) is 0. The molecule has 1 atom stereocenters. The molecule has 1 aliphatic rings. The van der Waals surface area contributed by atoms with Gasteiger partial charge in [-0.3, -0.25) is 4.79 Å². The van der Waals surface area contributed by atoms with Crippen molar-refractivity contribution in [1.29, 1.82) is 0 Å². The zero-order valence-corrected chi connectivity index (χ0v) is 11.0. The van der Waals surface area contributed by atoms with Crippen molar-refractivity contribution in [3.05, 3.63) is 47.2 Å². The van der Waals surface area contributed by atoms with Gasteiger partial charge >= 0.3 is 5.97 Å². The number of hydrogen-bond acceptors (Lipinski definition) is 3. The Labute approximate surface area is 119 Å². The van der Waals surface area contributed by atoms with E-state index in [0.29, 0.717) is 30.5 Å². The highest BCUT2D eigenvalue weighted by atomic mass is 19.1. The van der Waals surface area contributed by atoms with Crippen molar-refractivity contribution < 1.29 is 18.7 Å². The van der Waals surface area contributed by atoms with Crippen LogP contribution in [0.15, 0.2) is 24.3 Å². The van der Waals surface area contributed by atoms with Gasteiger partial charge in [0.2, 0.25) is 0 Å². The fourth-order valence-electron chi connectivity index (χ4n) is 2.67. The van der Waals surface area contributed by atoms with Gasteiger partial charge in [-0.2, -0.15) is 5.10 Å². The summed E-state index contributed by atoms with van der Waals surface area (Å²) in [5, 5.41) is 16.9. The van der Waals surface area contributed by atoms with Gasteiger partial charge in [0.05, 0.1) is 17.0 Å². The summed E-state index contributed by atoms with van der Waals surface area (Å²) in [5.41, 5.74) is 0.955.